The molecule has 0 saturated carbocycles. The molecule has 9 nitrogen and oxygen atoms in total. The zero-order chi connectivity index (χ0) is 19.3. The maximum atomic E-state index is 12.6. The van der Waals surface area contributed by atoms with E-state index >= 15 is 0 Å². The van der Waals surface area contributed by atoms with Crippen molar-refractivity contribution in [1.29, 1.82) is 0 Å². The van der Waals surface area contributed by atoms with E-state index in [0.29, 0.717) is 19.4 Å². The number of nitrogens with two attached hydrogens (primary N) is 1. The number of hydrogen-bond acceptors (Lipinski definition) is 5. The molecule has 0 aromatic heterocycles. The zero-order valence-electron chi connectivity index (χ0n) is 15.1. The first-order valence-electron chi connectivity index (χ1n) is 8.45. The van der Waals surface area contributed by atoms with Gasteiger partial charge in [0.05, 0.1) is 6.04 Å². The molecular weight excluding hydrogens is 328 g/mol. The van der Waals surface area contributed by atoms with Gasteiger partial charge in [-0.05, 0) is 32.6 Å². The van der Waals surface area contributed by atoms with Crippen molar-refractivity contribution in [1.82, 2.24) is 15.5 Å². The van der Waals surface area contributed by atoms with Gasteiger partial charge in [-0.3, -0.25) is 19.2 Å². The lowest BCUT2D eigenvalue weighted by atomic mass is 10.0. The second-order valence-electron chi connectivity index (χ2n) is 6.78. The van der Waals surface area contributed by atoms with Crippen LogP contribution in [0.5, 0.6) is 0 Å². The zero-order valence-corrected chi connectivity index (χ0v) is 15.1. The van der Waals surface area contributed by atoms with E-state index in [4.69, 9.17) is 10.8 Å². The smallest absolute Gasteiger partial charge is 0.325 e. The molecule has 142 valence electrons. The van der Waals surface area contributed by atoms with E-state index in [-0.39, 0.29) is 11.8 Å². The highest BCUT2D eigenvalue weighted by molar-refractivity contribution is 5.94. The summed E-state index contributed by atoms with van der Waals surface area (Å²) in [5, 5.41) is 13.9. The van der Waals surface area contributed by atoms with Gasteiger partial charge in [0.15, 0.2) is 0 Å². The average molecular weight is 356 g/mol. The molecule has 0 aliphatic carbocycles. The number of likely N-dealkylation sites (tertiary alicyclic amines) is 1. The fourth-order valence-electron chi connectivity index (χ4n) is 2.71. The summed E-state index contributed by atoms with van der Waals surface area (Å²) >= 11 is 0. The van der Waals surface area contributed by atoms with Gasteiger partial charge in [0.25, 0.3) is 0 Å². The highest BCUT2D eigenvalue weighted by Gasteiger charge is 2.37. The van der Waals surface area contributed by atoms with Crippen LogP contribution in [0, 0.1) is 5.92 Å². The number of nitrogens with one attached hydrogen (secondary N) is 2. The van der Waals surface area contributed by atoms with Gasteiger partial charge in [0.2, 0.25) is 17.7 Å². The van der Waals surface area contributed by atoms with Crippen LogP contribution in [0.2, 0.25) is 0 Å². The monoisotopic (exact) mass is 356 g/mol. The molecule has 0 aromatic carbocycles. The van der Waals surface area contributed by atoms with Crippen molar-refractivity contribution in [3.63, 3.8) is 0 Å². The third-order valence-electron chi connectivity index (χ3n) is 4.20. The van der Waals surface area contributed by atoms with Gasteiger partial charge in [-0.1, -0.05) is 13.8 Å². The maximum absolute atomic E-state index is 12.6. The van der Waals surface area contributed by atoms with Crippen molar-refractivity contribution in [2.45, 2.75) is 64.7 Å². The van der Waals surface area contributed by atoms with Gasteiger partial charge in [-0.25, -0.2) is 0 Å². The van der Waals surface area contributed by atoms with Crippen molar-refractivity contribution in [3.05, 3.63) is 0 Å². The summed E-state index contributed by atoms with van der Waals surface area (Å²) in [6, 6.07) is -3.31. The van der Waals surface area contributed by atoms with Crippen LogP contribution >= 0.6 is 0 Å². The largest absolute Gasteiger partial charge is 0.480 e. The van der Waals surface area contributed by atoms with Crippen LogP contribution in [0.25, 0.3) is 0 Å². The minimum atomic E-state index is -1.16. The molecule has 4 atom stereocenters. The fraction of sp³-hybridized carbons (Fsp3) is 0.750. The van der Waals surface area contributed by atoms with Crippen LogP contribution < -0.4 is 16.4 Å². The quantitative estimate of drug-likeness (QED) is 0.463. The average Bonchev–Trinajstić information content (AvgIpc) is 3.00. The number of nitrogens with zero attached hydrogens (tertiary/aromatic N) is 1. The Morgan fingerprint density at radius 3 is 2.20 bits per heavy atom. The Balaban J connectivity index is 2.80. The summed E-state index contributed by atoms with van der Waals surface area (Å²) in [5.74, 6) is -2.71. The molecule has 9 heteroatoms. The van der Waals surface area contributed by atoms with Gasteiger partial charge >= 0.3 is 5.97 Å². The lowest BCUT2D eigenvalue weighted by Crippen LogP contribution is -2.57. The van der Waals surface area contributed by atoms with Crippen molar-refractivity contribution in [2.24, 2.45) is 11.7 Å². The third-order valence-corrected chi connectivity index (χ3v) is 4.20. The summed E-state index contributed by atoms with van der Waals surface area (Å²) in [7, 11) is 0. The highest BCUT2D eigenvalue weighted by Crippen LogP contribution is 2.19. The lowest BCUT2D eigenvalue weighted by molar-refractivity contribution is -0.143. The summed E-state index contributed by atoms with van der Waals surface area (Å²) in [6.07, 6.45) is 1.19. The Morgan fingerprint density at radius 2 is 1.72 bits per heavy atom. The van der Waals surface area contributed by atoms with Crippen LogP contribution in [-0.2, 0) is 19.2 Å². The van der Waals surface area contributed by atoms with E-state index in [2.05, 4.69) is 10.6 Å². The Bertz CT molecular complexity index is 535. The first-order valence-corrected chi connectivity index (χ1v) is 8.45. The molecule has 0 spiro atoms. The van der Waals surface area contributed by atoms with E-state index in [0.717, 1.165) is 0 Å². The molecule has 1 aliphatic heterocycles. The molecule has 1 aliphatic rings. The van der Waals surface area contributed by atoms with Crippen LogP contribution in [0.15, 0.2) is 0 Å². The van der Waals surface area contributed by atoms with Gasteiger partial charge < -0.3 is 26.4 Å². The standard InChI is InChI=1S/C16H28N4O5/c1-8(2)12(14(22)18-10(4)16(24)25)19-13(21)11-6-5-7-20(11)15(23)9(3)17/h8-12H,5-7,17H2,1-4H3,(H,18,22)(H,19,21)(H,24,25). The van der Waals surface area contributed by atoms with E-state index in [1.807, 2.05) is 0 Å². The molecule has 1 rings (SSSR count). The number of hydrogen-bond donors (Lipinski definition) is 4. The van der Waals surface area contributed by atoms with Crippen LogP contribution in [0.1, 0.15) is 40.5 Å². The molecule has 1 heterocycles. The molecule has 25 heavy (non-hydrogen) atoms. The van der Waals surface area contributed by atoms with Crippen molar-refractivity contribution >= 4 is 23.7 Å². The first-order chi connectivity index (χ1) is 11.6. The van der Waals surface area contributed by atoms with Crippen molar-refractivity contribution in [2.75, 3.05) is 6.54 Å². The van der Waals surface area contributed by atoms with Gasteiger partial charge in [-0.2, -0.15) is 0 Å². The predicted octanol–water partition coefficient (Wildman–Crippen LogP) is -0.945. The summed E-state index contributed by atoms with van der Waals surface area (Å²) in [5.41, 5.74) is 5.62. The lowest BCUT2D eigenvalue weighted by Gasteiger charge is -2.29. The van der Waals surface area contributed by atoms with Gasteiger partial charge in [-0.15, -0.1) is 0 Å². The van der Waals surface area contributed by atoms with Crippen molar-refractivity contribution < 1.29 is 24.3 Å². The van der Waals surface area contributed by atoms with Crippen LogP contribution in [0.3, 0.4) is 0 Å². The second kappa shape index (κ2) is 8.80. The Hall–Kier alpha value is -2.16. The van der Waals surface area contributed by atoms with E-state index in [1.165, 1.54) is 11.8 Å². The molecule has 1 saturated heterocycles. The van der Waals surface area contributed by atoms with Gasteiger partial charge in [0, 0.05) is 6.54 Å². The second-order valence-corrected chi connectivity index (χ2v) is 6.78. The molecule has 1 fully saturated rings. The summed E-state index contributed by atoms with van der Waals surface area (Å²) < 4.78 is 0. The van der Waals surface area contributed by atoms with E-state index in [1.54, 1.807) is 20.8 Å². The number of carboxylic acid groups (broad SMARTS) is 1. The fourth-order valence-corrected chi connectivity index (χ4v) is 2.71. The maximum Gasteiger partial charge on any atom is 0.325 e. The minimum absolute atomic E-state index is 0.246. The Kier molecular flexibility index (Phi) is 7.35. The molecule has 3 amide bonds. The minimum Gasteiger partial charge on any atom is -0.480 e. The SMILES string of the molecule is CC(N)C(=O)N1CCCC1C(=O)NC(C(=O)NC(C)C(=O)O)C(C)C. The Labute approximate surface area is 147 Å². The summed E-state index contributed by atoms with van der Waals surface area (Å²) in [4.78, 5) is 49.3. The van der Waals surface area contributed by atoms with Crippen molar-refractivity contribution in [3.8, 4) is 0 Å². The normalized spacial score (nSPS) is 20.7. The number of amides is 3. The van der Waals surface area contributed by atoms with Crippen LogP contribution in [0.4, 0.5) is 0 Å². The van der Waals surface area contributed by atoms with Gasteiger partial charge in [0.1, 0.15) is 18.1 Å². The number of carboxylic acids is 1. The molecule has 0 bridgehead atoms. The highest BCUT2D eigenvalue weighted by atomic mass is 16.4. The first kappa shape index (κ1) is 20.9. The molecule has 0 aromatic rings. The Morgan fingerprint density at radius 1 is 1.12 bits per heavy atom. The summed E-state index contributed by atoms with van der Waals surface area (Å²) in [6.45, 7) is 6.85. The number of carbonyl (C=O) groups is 4. The molecule has 5 N–H and O–H groups in total. The number of aliphatic carboxylic acids is 1. The molecule has 4 unspecified atom stereocenters. The molecular formula is C16H28N4O5. The van der Waals surface area contributed by atoms with E-state index in [9.17, 15) is 19.2 Å². The number of carbonyl (C=O) groups excluding carboxylic acids is 3. The van der Waals surface area contributed by atoms with Crippen LogP contribution in [-0.4, -0.2) is 64.4 Å². The van der Waals surface area contributed by atoms with E-state index < -0.39 is 42.0 Å². The topological polar surface area (TPSA) is 142 Å². The predicted molar refractivity (Wildman–Crippen MR) is 90.4 cm³/mol. The third kappa shape index (κ3) is 5.42. The molecule has 0 radical (unpaired) electrons. The number of rotatable bonds is 7.